The molecule has 2 fully saturated rings. The SMILES string of the molecule is C1CC[C@@H]2C[C@H](CC1)OO2. The van der Waals surface area contributed by atoms with Crippen LogP contribution in [0, 0.1) is 0 Å². The van der Waals surface area contributed by atoms with Gasteiger partial charge in [0.2, 0.25) is 0 Å². The maximum Gasteiger partial charge on any atom is 0.0956 e. The number of hydrogen-bond donors (Lipinski definition) is 0. The highest BCUT2D eigenvalue weighted by Crippen LogP contribution is 2.27. The van der Waals surface area contributed by atoms with Crippen LogP contribution in [-0.4, -0.2) is 12.2 Å². The van der Waals surface area contributed by atoms with E-state index in [2.05, 4.69) is 0 Å². The predicted octanol–water partition coefficient (Wildman–Crippen LogP) is 2.04. The van der Waals surface area contributed by atoms with Crippen LogP contribution in [0.5, 0.6) is 0 Å². The third-order valence-electron chi connectivity index (χ3n) is 2.41. The van der Waals surface area contributed by atoms with Crippen molar-refractivity contribution in [1.29, 1.82) is 0 Å². The van der Waals surface area contributed by atoms with Crippen molar-refractivity contribution in [1.82, 2.24) is 0 Å². The number of fused-ring (bicyclic) bond motifs is 2. The lowest BCUT2D eigenvalue weighted by atomic mass is 9.97. The van der Waals surface area contributed by atoms with E-state index in [1.807, 2.05) is 0 Å². The highest BCUT2D eigenvalue weighted by atomic mass is 17.2. The summed E-state index contributed by atoms with van der Waals surface area (Å²) in [5, 5.41) is 0. The number of hydrogen-bond acceptors (Lipinski definition) is 2. The zero-order valence-electron chi connectivity index (χ0n) is 6.21. The third kappa shape index (κ3) is 1.32. The van der Waals surface area contributed by atoms with Gasteiger partial charge in [0.15, 0.2) is 0 Å². The van der Waals surface area contributed by atoms with E-state index in [4.69, 9.17) is 9.78 Å². The molecule has 2 aliphatic rings. The van der Waals surface area contributed by atoms with Gasteiger partial charge in [-0.05, 0) is 12.8 Å². The molecule has 2 atom stereocenters. The molecule has 1 heterocycles. The monoisotopic (exact) mass is 142 g/mol. The van der Waals surface area contributed by atoms with Gasteiger partial charge >= 0.3 is 0 Å². The topological polar surface area (TPSA) is 18.5 Å². The lowest BCUT2D eigenvalue weighted by Gasteiger charge is -2.09. The van der Waals surface area contributed by atoms with Crippen molar-refractivity contribution in [2.75, 3.05) is 0 Å². The molecule has 0 spiro atoms. The molecule has 2 rings (SSSR count). The van der Waals surface area contributed by atoms with Crippen molar-refractivity contribution in [2.24, 2.45) is 0 Å². The summed E-state index contributed by atoms with van der Waals surface area (Å²) in [7, 11) is 0. The third-order valence-corrected chi connectivity index (χ3v) is 2.41. The Kier molecular flexibility index (Phi) is 1.91. The first-order valence-electron chi connectivity index (χ1n) is 4.27. The maximum atomic E-state index is 5.14. The Balaban J connectivity index is 1.91. The van der Waals surface area contributed by atoms with Crippen LogP contribution in [0.25, 0.3) is 0 Å². The van der Waals surface area contributed by atoms with Crippen molar-refractivity contribution in [2.45, 2.75) is 50.7 Å². The molecule has 0 aromatic heterocycles. The molecule has 0 radical (unpaired) electrons. The second-order valence-corrected chi connectivity index (χ2v) is 3.31. The molecule has 10 heavy (non-hydrogen) atoms. The molecule has 1 aliphatic heterocycles. The molecule has 0 amide bonds. The normalized spacial score (nSPS) is 40.8. The van der Waals surface area contributed by atoms with Gasteiger partial charge in [-0.3, -0.25) is 0 Å². The summed E-state index contributed by atoms with van der Waals surface area (Å²) in [6, 6.07) is 0. The maximum absolute atomic E-state index is 5.14. The molecule has 1 aliphatic carbocycles. The molecule has 1 saturated heterocycles. The van der Waals surface area contributed by atoms with Crippen molar-refractivity contribution >= 4 is 0 Å². The number of rotatable bonds is 0. The van der Waals surface area contributed by atoms with Gasteiger partial charge in [-0.15, -0.1) is 0 Å². The minimum Gasteiger partial charge on any atom is -0.233 e. The Morgan fingerprint density at radius 3 is 2.00 bits per heavy atom. The molecule has 1 saturated carbocycles. The Bertz CT molecular complexity index is 102. The Morgan fingerprint density at radius 1 is 0.800 bits per heavy atom. The molecule has 2 heteroatoms. The molecular weight excluding hydrogens is 128 g/mol. The van der Waals surface area contributed by atoms with E-state index in [9.17, 15) is 0 Å². The summed E-state index contributed by atoms with van der Waals surface area (Å²) in [4.78, 5) is 10.3. The minimum atomic E-state index is 0.422. The fourth-order valence-electron chi connectivity index (χ4n) is 1.78. The van der Waals surface area contributed by atoms with E-state index in [0.29, 0.717) is 12.2 Å². The van der Waals surface area contributed by atoms with Crippen LogP contribution in [0.3, 0.4) is 0 Å². The fraction of sp³-hybridized carbons (Fsp3) is 1.00. The van der Waals surface area contributed by atoms with Crippen molar-refractivity contribution in [3.05, 3.63) is 0 Å². The second-order valence-electron chi connectivity index (χ2n) is 3.31. The summed E-state index contributed by atoms with van der Waals surface area (Å²) in [5.41, 5.74) is 0. The average Bonchev–Trinajstić information content (AvgIpc) is 2.30. The summed E-state index contributed by atoms with van der Waals surface area (Å²) in [6.07, 6.45) is 8.39. The van der Waals surface area contributed by atoms with Crippen LogP contribution >= 0.6 is 0 Å². The van der Waals surface area contributed by atoms with E-state index >= 15 is 0 Å². The lowest BCUT2D eigenvalue weighted by Crippen LogP contribution is -2.09. The Labute approximate surface area is 61.4 Å². The zero-order valence-corrected chi connectivity index (χ0v) is 6.21. The predicted molar refractivity (Wildman–Crippen MR) is 37.4 cm³/mol. The van der Waals surface area contributed by atoms with Crippen molar-refractivity contribution < 1.29 is 9.78 Å². The molecule has 2 bridgehead atoms. The zero-order chi connectivity index (χ0) is 6.81. The van der Waals surface area contributed by atoms with Crippen LogP contribution in [-0.2, 0) is 9.78 Å². The van der Waals surface area contributed by atoms with Gasteiger partial charge in [0.1, 0.15) is 0 Å². The van der Waals surface area contributed by atoms with Crippen LogP contribution in [0.1, 0.15) is 38.5 Å². The van der Waals surface area contributed by atoms with Crippen LogP contribution in [0.2, 0.25) is 0 Å². The van der Waals surface area contributed by atoms with Crippen molar-refractivity contribution in [3.8, 4) is 0 Å². The van der Waals surface area contributed by atoms with E-state index in [-0.39, 0.29) is 0 Å². The Hall–Kier alpha value is -0.0800. The van der Waals surface area contributed by atoms with Gasteiger partial charge in [0.25, 0.3) is 0 Å². The smallest absolute Gasteiger partial charge is 0.0956 e. The van der Waals surface area contributed by atoms with Crippen LogP contribution in [0.4, 0.5) is 0 Å². The largest absolute Gasteiger partial charge is 0.233 e. The van der Waals surface area contributed by atoms with E-state index in [0.717, 1.165) is 6.42 Å². The van der Waals surface area contributed by atoms with E-state index in [1.54, 1.807) is 0 Å². The minimum absolute atomic E-state index is 0.422. The standard InChI is InChI=1S/C8H14O2/c1-2-4-7-6-8(5-3-1)10-9-7/h7-8H,1-6H2/t7-,8+. The van der Waals surface area contributed by atoms with Gasteiger partial charge in [-0.1, -0.05) is 19.3 Å². The summed E-state index contributed by atoms with van der Waals surface area (Å²) >= 11 is 0. The molecule has 0 aromatic rings. The highest BCUT2D eigenvalue weighted by Gasteiger charge is 2.27. The van der Waals surface area contributed by atoms with Gasteiger partial charge in [-0.2, -0.15) is 0 Å². The van der Waals surface area contributed by atoms with Crippen LogP contribution in [0.15, 0.2) is 0 Å². The van der Waals surface area contributed by atoms with Gasteiger partial charge in [0, 0.05) is 6.42 Å². The Morgan fingerprint density at radius 2 is 1.40 bits per heavy atom. The summed E-state index contributed by atoms with van der Waals surface area (Å²) < 4.78 is 0. The fourth-order valence-corrected chi connectivity index (χ4v) is 1.78. The molecule has 0 aromatic carbocycles. The highest BCUT2D eigenvalue weighted by molar-refractivity contribution is 4.72. The molecule has 58 valence electrons. The van der Waals surface area contributed by atoms with Gasteiger partial charge in [-0.25, -0.2) is 9.78 Å². The molecule has 0 N–H and O–H groups in total. The first-order chi connectivity index (χ1) is 4.95. The molecule has 2 nitrogen and oxygen atoms in total. The van der Waals surface area contributed by atoms with Crippen LogP contribution < -0.4 is 0 Å². The van der Waals surface area contributed by atoms with E-state index in [1.165, 1.54) is 32.1 Å². The lowest BCUT2D eigenvalue weighted by molar-refractivity contribution is -0.296. The molecular formula is C8H14O2. The van der Waals surface area contributed by atoms with Gasteiger partial charge in [0.05, 0.1) is 12.2 Å². The van der Waals surface area contributed by atoms with E-state index < -0.39 is 0 Å². The first kappa shape index (κ1) is 6.62. The first-order valence-corrected chi connectivity index (χ1v) is 4.27. The second kappa shape index (κ2) is 2.89. The van der Waals surface area contributed by atoms with Crippen molar-refractivity contribution in [3.63, 3.8) is 0 Å². The molecule has 0 unspecified atom stereocenters. The summed E-state index contributed by atoms with van der Waals surface area (Å²) in [5.74, 6) is 0. The van der Waals surface area contributed by atoms with Gasteiger partial charge < -0.3 is 0 Å². The average molecular weight is 142 g/mol. The summed E-state index contributed by atoms with van der Waals surface area (Å²) in [6.45, 7) is 0. The quantitative estimate of drug-likeness (QED) is 0.482.